The van der Waals surface area contributed by atoms with Crippen LogP contribution in [0.3, 0.4) is 0 Å². The molecule has 1 aliphatic rings. The molecule has 1 saturated heterocycles. The first-order chi connectivity index (χ1) is 20.3. The van der Waals surface area contributed by atoms with Crippen molar-refractivity contribution in [2.75, 3.05) is 6.54 Å². The summed E-state index contributed by atoms with van der Waals surface area (Å²) in [7, 11) is 0. The second kappa shape index (κ2) is 11.6. The summed E-state index contributed by atoms with van der Waals surface area (Å²) in [5.41, 5.74) is -0.553. The Hall–Kier alpha value is -4.61. The molecule has 1 fully saturated rings. The van der Waals surface area contributed by atoms with E-state index in [1.807, 2.05) is 6.92 Å². The highest BCUT2D eigenvalue weighted by Gasteiger charge is 2.38. The lowest BCUT2D eigenvalue weighted by Gasteiger charge is -2.29. The minimum absolute atomic E-state index is 0.0346. The maximum atomic E-state index is 15.1. The Kier molecular flexibility index (Phi) is 8.04. The molecular formula is C31H33F2N5O5. The zero-order chi connectivity index (χ0) is 30.9. The summed E-state index contributed by atoms with van der Waals surface area (Å²) in [5.74, 6) is -1.15. The van der Waals surface area contributed by atoms with Crippen LogP contribution in [-0.4, -0.2) is 44.2 Å². The van der Waals surface area contributed by atoms with Crippen LogP contribution in [0.25, 0.3) is 11.5 Å². The van der Waals surface area contributed by atoms with Crippen molar-refractivity contribution in [2.24, 2.45) is 0 Å². The summed E-state index contributed by atoms with van der Waals surface area (Å²) in [4.78, 5) is 32.4. The number of likely N-dealkylation sites (tertiary alicyclic amines) is 1. The molecule has 2 amide bonds. The fraction of sp³-hybridized carbons (Fsp3) is 0.387. The molecule has 5 rings (SSSR count). The number of oxazole rings is 1. The first-order valence-corrected chi connectivity index (χ1v) is 13.9. The van der Waals surface area contributed by atoms with Gasteiger partial charge in [0, 0.05) is 18.5 Å². The van der Waals surface area contributed by atoms with Crippen molar-refractivity contribution in [1.82, 2.24) is 25.4 Å². The molecule has 0 bridgehead atoms. The van der Waals surface area contributed by atoms with Gasteiger partial charge < -0.3 is 23.8 Å². The number of aromatic nitrogens is 3. The highest BCUT2D eigenvalue weighted by atomic mass is 19.1. The van der Waals surface area contributed by atoms with Gasteiger partial charge in [-0.25, -0.2) is 18.6 Å². The molecule has 2 aromatic carbocycles. The van der Waals surface area contributed by atoms with E-state index in [4.69, 9.17) is 13.6 Å². The van der Waals surface area contributed by atoms with Gasteiger partial charge in [-0.2, -0.15) is 0 Å². The SMILES string of the molecule is Cc1coc([C@H]2CCCN2C(=O)c2ccc(F)c(-c3nnc(C(C)(Cc4ccc(F)cc4)NC(=O)OC(C)(C)C)o3)c2)n1. The molecule has 1 unspecified atom stereocenters. The van der Waals surface area contributed by atoms with Crippen molar-refractivity contribution in [3.05, 3.63) is 89.0 Å². The summed E-state index contributed by atoms with van der Waals surface area (Å²) >= 11 is 0. The van der Waals surface area contributed by atoms with Crippen LogP contribution in [0.15, 0.2) is 57.6 Å². The minimum atomic E-state index is -1.31. The second-order valence-electron chi connectivity index (χ2n) is 11.9. The van der Waals surface area contributed by atoms with Crippen LogP contribution in [0, 0.1) is 18.6 Å². The lowest BCUT2D eigenvalue weighted by atomic mass is 9.92. The molecule has 2 aromatic heterocycles. The van der Waals surface area contributed by atoms with Crippen molar-refractivity contribution in [3.63, 3.8) is 0 Å². The van der Waals surface area contributed by atoms with E-state index in [0.29, 0.717) is 24.4 Å². The van der Waals surface area contributed by atoms with Crippen LogP contribution >= 0.6 is 0 Å². The lowest BCUT2D eigenvalue weighted by molar-refractivity contribution is 0.0443. The van der Waals surface area contributed by atoms with Gasteiger partial charge in [-0.1, -0.05) is 12.1 Å². The van der Waals surface area contributed by atoms with Crippen LogP contribution in [-0.2, 0) is 16.7 Å². The van der Waals surface area contributed by atoms with Crippen molar-refractivity contribution in [1.29, 1.82) is 0 Å². The Bertz CT molecular complexity index is 1630. The van der Waals surface area contributed by atoms with E-state index in [1.165, 1.54) is 30.3 Å². The average Bonchev–Trinajstić information content (AvgIpc) is 3.70. The van der Waals surface area contributed by atoms with E-state index in [1.54, 1.807) is 51.0 Å². The largest absolute Gasteiger partial charge is 0.446 e. The molecule has 4 aromatic rings. The highest BCUT2D eigenvalue weighted by Crippen LogP contribution is 2.34. The van der Waals surface area contributed by atoms with E-state index in [2.05, 4.69) is 20.5 Å². The molecule has 1 N–H and O–H groups in total. The molecule has 226 valence electrons. The topological polar surface area (TPSA) is 124 Å². The van der Waals surface area contributed by atoms with E-state index in [-0.39, 0.29) is 41.3 Å². The zero-order valence-electron chi connectivity index (χ0n) is 24.6. The zero-order valence-corrected chi connectivity index (χ0v) is 24.6. The molecule has 12 heteroatoms. The molecule has 0 saturated carbocycles. The quantitative estimate of drug-likeness (QED) is 0.266. The molecule has 10 nitrogen and oxygen atoms in total. The summed E-state index contributed by atoms with van der Waals surface area (Å²) < 4.78 is 45.6. The number of carbonyl (C=O) groups excluding carboxylic acids is 2. The number of hydrogen-bond donors (Lipinski definition) is 1. The Balaban J connectivity index is 1.44. The smallest absolute Gasteiger partial charge is 0.408 e. The Morgan fingerprint density at radius 3 is 2.51 bits per heavy atom. The Morgan fingerprint density at radius 1 is 1.09 bits per heavy atom. The number of rotatable bonds is 7. The molecular weight excluding hydrogens is 560 g/mol. The van der Waals surface area contributed by atoms with Gasteiger partial charge in [0.1, 0.15) is 35.1 Å². The maximum absolute atomic E-state index is 15.1. The number of hydrogen-bond acceptors (Lipinski definition) is 8. The normalized spacial score (nSPS) is 16.6. The number of aryl methyl sites for hydroxylation is 1. The number of ether oxygens (including phenoxy) is 1. The molecule has 43 heavy (non-hydrogen) atoms. The number of nitrogens with one attached hydrogen (secondary N) is 1. The Labute approximate surface area is 247 Å². The predicted octanol–water partition coefficient (Wildman–Crippen LogP) is 6.27. The van der Waals surface area contributed by atoms with Crippen molar-refractivity contribution in [3.8, 4) is 11.5 Å². The summed E-state index contributed by atoms with van der Waals surface area (Å²) in [6.07, 6.45) is 2.41. The van der Waals surface area contributed by atoms with Crippen molar-refractivity contribution in [2.45, 2.75) is 71.1 Å². The molecule has 0 aliphatic carbocycles. The monoisotopic (exact) mass is 593 g/mol. The number of nitrogens with zero attached hydrogens (tertiary/aromatic N) is 4. The Morgan fingerprint density at radius 2 is 1.84 bits per heavy atom. The molecule has 0 radical (unpaired) electrons. The number of alkyl carbamates (subject to hydrolysis) is 1. The molecule has 1 aliphatic heterocycles. The van der Waals surface area contributed by atoms with Crippen molar-refractivity contribution < 1.29 is 31.9 Å². The van der Waals surface area contributed by atoms with Gasteiger partial charge in [0.15, 0.2) is 0 Å². The summed E-state index contributed by atoms with van der Waals surface area (Å²) in [6, 6.07) is 9.35. The fourth-order valence-electron chi connectivity index (χ4n) is 5.05. The van der Waals surface area contributed by atoms with Gasteiger partial charge in [-0.15, -0.1) is 10.2 Å². The summed E-state index contributed by atoms with van der Waals surface area (Å²) in [5, 5.41) is 11.0. The first-order valence-electron chi connectivity index (χ1n) is 13.9. The molecule has 2 atom stereocenters. The lowest BCUT2D eigenvalue weighted by Crippen LogP contribution is -2.47. The van der Waals surface area contributed by atoms with Gasteiger partial charge in [-0.05, 0) is 83.4 Å². The van der Waals surface area contributed by atoms with Gasteiger partial charge in [0.2, 0.25) is 11.8 Å². The number of carbonyl (C=O) groups is 2. The van der Waals surface area contributed by atoms with Crippen LogP contribution < -0.4 is 5.32 Å². The van der Waals surface area contributed by atoms with Gasteiger partial charge in [0.05, 0.1) is 11.3 Å². The standard InChI is InChI=1S/C31H33F2N5O5/c1-18-17-41-26(34-18)24-7-6-14-38(24)27(39)20-10-13-23(33)22(15-20)25-36-37-28(42-25)31(5,35-29(40)43-30(2,3)4)16-19-8-11-21(32)12-9-19/h8-13,15,17,24H,6-7,14,16H2,1-5H3,(H,35,40)/t24-,31?/m1/s1. The molecule has 3 heterocycles. The van der Waals surface area contributed by atoms with E-state index >= 15 is 4.39 Å². The first kappa shape index (κ1) is 29.9. The highest BCUT2D eigenvalue weighted by molar-refractivity contribution is 5.95. The predicted molar refractivity (Wildman–Crippen MR) is 151 cm³/mol. The van der Waals surface area contributed by atoms with E-state index in [0.717, 1.165) is 12.1 Å². The van der Waals surface area contributed by atoms with E-state index < -0.39 is 28.9 Å². The molecule has 0 spiro atoms. The average molecular weight is 594 g/mol. The van der Waals surface area contributed by atoms with Gasteiger partial charge in [0.25, 0.3) is 11.8 Å². The van der Waals surface area contributed by atoms with Gasteiger partial charge >= 0.3 is 6.09 Å². The van der Waals surface area contributed by atoms with Crippen LogP contribution in [0.1, 0.15) is 80.0 Å². The maximum Gasteiger partial charge on any atom is 0.408 e. The van der Waals surface area contributed by atoms with Crippen LogP contribution in [0.5, 0.6) is 0 Å². The summed E-state index contributed by atoms with van der Waals surface area (Å²) in [6.45, 7) is 9.13. The third-order valence-electron chi connectivity index (χ3n) is 7.02. The van der Waals surface area contributed by atoms with Crippen molar-refractivity contribution >= 4 is 12.0 Å². The third kappa shape index (κ3) is 6.73. The van der Waals surface area contributed by atoms with E-state index in [9.17, 15) is 14.0 Å². The number of halogens is 2. The van der Waals surface area contributed by atoms with Gasteiger partial charge in [-0.3, -0.25) is 4.79 Å². The number of amides is 2. The van der Waals surface area contributed by atoms with Crippen LogP contribution in [0.2, 0.25) is 0 Å². The fourth-order valence-corrected chi connectivity index (χ4v) is 5.05. The number of benzene rings is 2. The van der Waals surface area contributed by atoms with Crippen LogP contribution in [0.4, 0.5) is 13.6 Å². The minimum Gasteiger partial charge on any atom is -0.446 e. The second-order valence-corrected chi connectivity index (χ2v) is 11.9. The third-order valence-corrected chi connectivity index (χ3v) is 7.02.